The number of aliphatic hydroxyl groups is 1. The average Bonchev–Trinajstić information content (AvgIpc) is 2.74. The molecule has 0 bridgehead atoms. The summed E-state index contributed by atoms with van der Waals surface area (Å²) in [5.74, 6) is 2.22. The molecule has 2 fully saturated rings. The van der Waals surface area contributed by atoms with E-state index in [0.717, 1.165) is 24.0 Å². The van der Waals surface area contributed by atoms with Crippen LogP contribution >= 0.6 is 0 Å². The number of aliphatic hydroxyl groups excluding tert-OH is 1. The fourth-order valence-electron chi connectivity index (χ4n) is 6.06. The van der Waals surface area contributed by atoms with Crippen LogP contribution in [0.5, 0.6) is 5.75 Å². The van der Waals surface area contributed by atoms with Gasteiger partial charge in [-0.1, -0.05) is 67.9 Å². The molecule has 0 heterocycles. The molecule has 29 heavy (non-hydrogen) atoms. The lowest BCUT2D eigenvalue weighted by Crippen LogP contribution is -2.20. The van der Waals surface area contributed by atoms with E-state index in [0.29, 0.717) is 23.3 Å². The van der Waals surface area contributed by atoms with E-state index in [1.807, 2.05) is 0 Å². The molecule has 2 heteroatoms. The Balaban J connectivity index is 1.60. The highest BCUT2D eigenvalue weighted by Gasteiger charge is 2.29. The molecule has 0 saturated heterocycles. The average molecular weight is 395 g/mol. The van der Waals surface area contributed by atoms with Gasteiger partial charge in [0.2, 0.25) is 0 Å². The summed E-state index contributed by atoms with van der Waals surface area (Å²) >= 11 is 0. The summed E-state index contributed by atoms with van der Waals surface area (Å²) in [6.45, 7) is 4.34. The van der Waals surface area contributed by atoms with Gasteiger partial charge in [-0.25, -0.2) is 0 Å². The molecule has 1 atom stereocenters. The van der Waals surface area contributed by atoms with Gasteiger partial charge in [0.15, 0.2) is 0 Å². The Morgan fingerprint density at radius 1 is 0.828 bits per heavy atom. The maximum atomic E-state index is 11.2. The number of aromatic hydroxyl groups is 1. The van der Waals surface area contributed by atoms with Crippen LogP contribution in [0, 0.1) is 18.8 Å². The first-order valence-corrected chi connectivity index (χ1v) is 12.0. The van der Waals surface area contributed by atoms with Crippen molar-refractivity contribution in [3.8, 4) is 5.75 Å². The molecule has 3 aliphatic carbocycles. The molecule has 1 aromatic carbocycles. The summed E-state index contributed by atoms with van der Waals surface area (Å²) in [7, 11) is 0. The normalized spacial score (nSPS) is 24.6. The van der Waals surface area contributed by atoms with E-state index in [1.165, 1.54) is 80.9 Å². The second-order valence-electron chi connectivity index (χ2n) is 9.97. The van der Waals surface area contributed by atoms with Crippen molar-refractivity contribution in [1.82, 2.24) is 0 Å². The van der Waals surface area contributed by atoms with Gasteiger partial charge in [-0.05, 0) is 80.9 Å². The van der Waals surface area contributed by atoms with Gasteiger partial charge in [0, 0.05) is 5.92 Å². The molecule has 2 N–H and O–H groups in total. The lowest BCUT2D eigenvalue weighted by atomic mass is 9.76. The highest BCUT2D eigenvalue weighted by atomic mass is 16.3. The molecule has 0 aliphatic heterocycles. The molecule has 2 saturated carbocycles. The third-order valence-corrected chi connectivity index (χ3v) is 7.57. The monoisotopic (exact) mass is 394 g/mol. The third-order valence-electron chi connectivity index (χ3n) is 7.57. The first-order chi connectivity index (χ1) is 14.0. The molecule has 158 valence electrons. The largest absolute Gasteiger partial charge is 0.512 e. The van der Waals surface area contributed by atoms with Crippen LogP contribution in [0.1, 0.15) is 100 Å². The molecule has 0 radical (unpaired) electrons. The van der Waals surface area contributed by atoms with E-state index in [9.17, 15) is 10.2 Å². The molecule has 3 aliphatic rings. The maximum Gasteiger partial charge on any atom is 0.122 e. The summed E-state index contributed by atoms with van der Waals surface area (Å²) in [5.41, 5.74) is 5.97. The summed E-state index contributed by atoms with van der Waals surface area (Å²) in [4.78, 5) is 0. The van der Waals surface area contributed by atoms with Gasteiger partial charge in [-0.15, -0.1) is 0 Å². The summed E-state index contributed by atoms with van der Waals surface area (Å²) in [5, 5.41) is 22.3. The van der Waals surface area contributed by atoms with Gasteiger partial charge in [-0.2, -0.15) is 0 Å². The minimum atomic E-state index is 0.101. The number of benzene rings is 1. The van der Waals surface area contributed by atoms with Crippen LogP contribution in [0.4, 0.5) is 0 Å². The second kappa shape index (κ2) is 8.98. The van der Waals surface area contributed by atoms with Crippen LogP contribution in [0.2, 0.25) is 0 Å². The van der Waals surface area contributed by atoms with Crippen LogP contribution in [0.15, 0.2) is 35.1 Å². The molecule has 0 aromatic heterocycles. The number of phenols is 1. The molecular formula is C27H38O2. The summed E-state index contributed by atoms with van der Waals surface area (Å²) in [6.07, 6.45) is 16.4. The Hall–Kier alpha value is -1.70. The summed E-state index contributed by atoms with van der Waals surface area (Å²) < 4.78 is 0. The number of hydrogen-bond acceptors (Lipinski definition) is 2. The second-order valence-corrected chi connectivity index (χ2v) is 9.97. The smallest absolute Gasteiger partial charge is 0.122 e. The van der Waals surface area contributed by atoms with Crippen molar-refractivity contribution >= 4 is 0 Å². The van der Waals surface area contributed by atoms with E-state index < -0.39 is 0 Å². The highest BCUT2D eigenvalue weighted by Crippen LogP contribution is 2.43. The Labute approximate surface area is 176 Å². The molecule has 0 amide bonds. The van der Waals surface area contributed by atoms with Crippen molar-refractivity contribution in [2.45, 2.75) is 96.8 Å². The first kappa shape index (κ1) is 20.6. The van der Waals surface area contributed by atoms with Crippen molar-refractivity contribution in [3.05, 3.63) is 51.8 Å². The van der Waals surface area contributed by atoms with Gasteiger partial charge in [0.25, 0.3) is 0 Å². The molecule has 1 aromatic rings. The molecule has 1 unspecified atom stereocenters. The Kier molecular flexibility index (Phi) is 6.37. The summed E-state index contributed by atoms with van der Waals surface area (Å²) in [6, 6.07) is 4.34. The molecular weight excluding hydrogens is 356 g/mol. The number of hydrogen-bond donors (Lipinski definition) is 2. The number of rotatable bonds is 4. The van der Waals surface area contributed by atoms with Crippen molar-refractivity contribution < 1.29 is 10.2 Å². The quantitative estimate of drug-likeness (QED) is 0.550. The number of aryl methyl sites for hydroxylation is 1. The molecule has 4 rings (SSSR count). The zero-order valence-electron chi connectivity index (χ0n) is 18.3. The Morgan fingerprint density at radius 2 is 1.45 bits per heavy atom. The van der Waals surface area contributed by atoms with E-state index >= 15 is 0 Å². The zero-order valence-corrected chi connectivity index (χ0v) is 18.3. The predicted octanol–water partition coefficient (Wildman–Crippen LogP) is 7.65. The lowest BCUT2D eigenvalue weighted by Gasteiger charge is -2.31. The van der Waals surface area contributed by atoms with E-state index in [2.05, 4.69) is 32.1 Å². The van der Waals surface area contributed by atoms with Crippen LogP contribution < -0.4 is 0 Å². The van der Waals surface area contributed by atoms with Crippen molar-refractivity contribution in [3.63, 3.8) is 0 Å². The standard InChI is InChI=1S/C27H38O2/c1-18-13-22(26(28)24(15-18)20-9-5-3-6-10-20)17-23-14-19(2)16-25(27(23)29)21-11-7-4-8-12-21/h13,15-16,20-21,23,28-29H,3-12,14,17H2,1-2H3. The van der Waals surface area contributed by atoms with E-state index in [4.69, 9.17) is 0 Å². The highest BCUT2D eigenvalue weighted by molar-refractivity contribution is 5.47. The maximum absolute atomic E-state index is 11.2. The van der Waals surface area contributed by atoms with Crippen LogP contribution in [0.25, 0.3) is 0 Å². The first-order valence-electron chi connectivity index (χ1n) is 12.0. The minimum Gasteiger partial charge on any atom is -0.512 e. The zero-order chi connectivity index (χ0) is 20.4. The topological polar surface area (TPSA) is 40.5 Å². The molecule has 2 nitrogen and oxygen atoms in total. The van der Waals surface area contributed by atoms with E-state index in [1.54, 1.807) is 0 Å². The van der Waals surface area contributed by atoms with Crippen molar-refractivity contribution in [2.24, 2.45) is 11.8 Å². The van der Waals surface area contributed by atoms with Gasteiger partial charge in [0.1, 0.15) is 5.75 Å². The SMILES string of the molecule is CC1=CC(C2CCCCC2)=C(O)C(Cc2cc(C)cc(C3CCCCC3)c2O)C1. The fraction of sp³-hybridized carbons (Fsp3) is 0.630. The number of phenolic OH excluding ortho intramolecular Hbond substituents is 1. The number of allylic oxidation sites excluding steroid dienone is 4. The van der Waals surface area contributed by atoms with Gasteiger partial charge >= 0.3 is 0 Å². The molecule has 0 spiro atoms. The van der Waals surface area contributed by atoms with E-state index in [-0.39, 0.29) is 5.92 Å². The van der Waals surface area contributed by atoms with Gasteiger partial charge < -0.3 is 10.2 Å². The van der Waals surface area contributed by atoms with Gasteiger partial charge in [-0.3, -0.25) is 0 Å². The van der Waals surface area contributed by atoms with Crippen LogP contribution in [-0.2, 0) is 6.42 Å². The van der Waals surface area contributed by atoms with Gasteiger partial charge in [0.05, 0.1) is 5.76 Å². The Bertz CT molecular complexity index is 789. The minimum absolute atomic E-state index is 0.101. The van der Waals surface area contributed by atoms with Crippen LogP contribution in [-0.4, -0.2) is 10.2 Å². The lowest BCUT2D eigenvalue weighted by molar-refractivity contribution is 0.295. The van der Waals surface area contributed by atoms with Crippen molar-refractivity contribution in [1.29, 1.82) is 0 Å². The third kappa shape index (κ3) is 4.57. The Morgan fingerprint density at radius 3 is 2.10 bits per heavy atom. The fourth-order valence-corrected chi connectivity index (χ4v) is 6.06. The van der Waals surface area contributed by atoms with Crippen molar-refractivity contribution in [2.75, 3.05) is 0 Å². The predicted molar refractivity (Wildman–Crippen MR) is 120 cm³/mol. The van der Waals surface area contributed by atoms with Crippen LogP contribution in [0.3, 0.4) is 0 Å².